The Bertz CT molecular complexity index is 858. The van der Waals surface area contributed by atoms with Crippen molar-refractivity contribution in [1.29, 1.82) is 0 Å². The summed E-state index contributed by atoms with van der Waals surface area (Å²) in [7, 11) is 0. The second-order valence-corrected chi connectivity index (χ2v) is 6.23. The van der Waals surface area contributed by atoms with Crippen LogP contribution in [0, 0.1) is 0 Å². The first-order chi connectivity index (χ1) is 12.3. The van der Waals surface area contributed by atoms with Gasteiger partial charge in [-0.15, -0.1) is 0 Å². The van der Waals surface area contributed by atoms with Gasteiger partial charge in [0.05, 0.1) is 6.04 Å². The number of hydrogen-bond acceptors (Lipinski definition) is 5. The molecule has 0 N–H and O–H groups in total. The number of rotatable bonds is 4. The predicted molar refractivity (Wildman–Crippen MR) is 96.6 cm³/mol. The van der Waals surface area contributed by atoms with Gasteiger partial charge in [-0.3, -0.25) is 9.88 Å². The van der Waals surface area contributed by atoms with Crippen LogP contribution in [0.2, 0.25) is 0 Å². The maximum absolute atomic E-state index is 5.53. The summed E-state index contributed by atoms with van der Waals surface area (Å²) in [6.07, 6.45) is 6.83. The van der Waals surface area contributed by atoms with Crippen LogP contribution in [-0.2, 0) is 0 Å². The minimum absolute atomic E-state index is 0.0744. The summed E-state index contributed by atoms with van der Waals surface area (Å²) in [6.45, 7) is 3.99. The van der Waals surface area contributed by atoms with Crippen LogP contribution >= 0.6 is 0 Å². The van der Waals surface area contributed by atoms with Gasteiger partial charge in [0.15, 0.2) is 0 Å². The predicted octanol–water partition coefficient (Wildman–Crippen LogP) is 3.98. The van der Waals surface area contributed by atoms with Crippen molar-refractivity contribution in [3.8, 4) is 11.4 Å². The molecule has 0 amide bonds. The van der Waals surface area contributed by atoms with Gasteiger partial charge in [-0.2, -0.15) is 4.98 Å². The molecule has 0 saturated carbocycles. The van der Waals surface area contributed by atoms with E-state index in [4.69, 9.17) is 4.52 Å². The Morgan fingerprint density at radius 3 is 2.72 bits per heavy atom. The zero-order valence-corrected chi connectivity index (χ0v) is 14.2. The highest BCUT2D eigenvalue weighted by Crippen LogP contribution is 2.28. The van der Waals surface area contributed by atoms with E-state index in [9.17, 15) is 0 Å². The summed E-state index contributed by atoms with van der Waals surface area (Å²) in [5.74, 6) is 1.24. The van der Waals surface area contributed by atoms with Gasteiger partial charge in [-0.05, 0) is 36.6 Å². The highest BCUT2D eigenvalue weighted by molar-refractivity contribution is 5.67. The molecular formula is C20H20N4O. The Labute approximate surface area is 147 Å². The molecular weight excluding hydrogens is 312 g/mol. The molecule has 5 heteroatoms. The zero-order valence-electron chi connectivity index (χ0n) is 14.2. The van der Waals surface area contributed by atoms with E-state index < -0.39 is 0 Å². The van der Waals surface area contributed by atoms with Crippen molar-refractivity contribution in [2.75, 3.05) is 13.1 Å². The summed E-state index contributed by atoms with van der Waals surface area (Å²) >= 11 is 0. The van der Waals surface area contributed by atoms with Gasteiger partial charge < -0.3 is 4.52 Å². The zero-order chi connectivity index (χ0) is 17.1. The minimum atomic E-state index is 0.0744. The van der Waals surface area contributed by atoms with E-state index in [2.05, 4.69) is 57.3 Å². The molecule has 5 nitrogen and oxygen atoms in total. The van der Waals surface area contributed by atoms with Gasteiger partial charge >= 0.3 is 0 Å². The monoisotopic (exact) mass is 332 g/mol. The average molecular weight is 332 g/mol. The summed E-state index contributed by atoms with van der Waals surface area (Å²) < 4.78 is 5.53. The fourth-order valence-electron chi connectivity index (χ4n) is 3.13. The molecule has 3 aromatic rings. The quantitative estimate of drug-likeness (QED) is 0.723. The molecule has 3 heterocycles. The van der Waals surface area contributed by atoms with Crippen molar-refractivity contribution in [1.82, 2.24) is 20.0 Å². The molecule has 25 heavy (non-hydrogen) atoms. The van der Waals surface area contributed by atoms with E-state index in [0.29, 0.717) is 11.7 Å². The lowest BCUT2D eigenvalue weighted by Crippen LogP contribution is -2.32. The van der Waals surface area contributed by atoms with Gasteiger partial charge in [-0.1, -0.05) is 41.6 Å². The third-order valence-corrected chi connectivity index (χ3v) is 4.59. The lowest BCUT2D eigenvalue weighted by Gasteiger charge is -2.30. The fraction of sp³-hybridized carbons (Fsp3) is 0.250. The Morgan fingerprint density at radius 2 is 1.92 bits per heavy atom. The SMILES string of the molecule is CC(c1nc(-c2cccnc2)no1)N1CCC=C(c2ccccc2)C1. The highest BCUT2D eigenvalue weighted by Gasteiger charge is 2.24. The number of pyridine rings is 1. The van der Waals surface area contributed by atoms with Crippen molar-refractivity contribution in [3.05, 3.63) is 72.4 Å². The van der Waals surface area contributed by atoms with E-state index in [1.165, 1.54) is 11.1 Å². The second kappa shape index (κ2) is 6.99. The van der Waals surface area contributed by atoms with Crippen LogP contribution in [0.25, 0.3) is 17.0 Å². The van der Waals surface area contributed by atoms with Crippen LogP contribution in [0.4, 0.5) is 0 Å². The van der Waals surface area contributed by atoms with E-state index in [0.717, 1.165) is 25.1 Å². The number of hydrogen-bond donors (Lipinski definition) is 0. The fourth-order valence-corrected chi connectivity index (χ4v) is 3.13. The summed E-state index contributed by atoms with van der Waals surface area (Å²) in [6, 6.07) is 14.4. The van der Waals surface area contributed by atoms with Crippen molar-refractivity contribution in [2.45, 2.75) is 19.4 Å². The molecule has 0 aliphatic carbocycles. The van der Waals surface area contributed by atoms with Crippen molar-refractivity contribution < 1.29 is 4.52 Å². The Balaban J connectivity index is 1.51. The number of aromatic nitrogens is 3. The first-order valence-corrected chi connectivity index (χ1v) is 8.54. The van der Waals surface area contributed by atoms with E-state index in [1.807, 2.05) is 18.2 Å². The maximum Gasteiger partial charge on any atom is 0.244 e. The minimum Gasteiger partial charge on any atom is -0.337 e. The van der Waals surface area contributed by atoms with Crippen LogP contribution in [0.5, 0.6) is 0 Å². The molecule has 1 unspecified atom stereocenters. The van der Waals surface area contributed by atoms with Crippen LogP contribution in [-0.4, -0.2) is 33.1 Å². The maximum atomic E-state index is 5.53. The molecule has 0 saturated heterocycles. The molecule has 2 aromatic heterocycles. The van der Waals surface area contributed by atoms with E-state index in [-0.39, 0.29) is 6.04 Å². The second-order valence-electron chi connectivity index (χ2n) is 6.23. The van der Waals surface area contributed by atoms with Crippen LogP contribution in [0.3, 0.4) is 0 Å². The van der Waals surface area contributed by atoms with Gasteiger partial charge in [0.2, 0.25) is 11.7 Å². The normalized spacial score (nSPS) is 16.4. The topological polar surface area (TPSA) is 55.1 Å². The molecule has 0 fully saturated rings. The summed E-state index contributed by atoms with van der Waals surface area (Å²) in [5, 5.41) is 4.11. The van der Waals surface area contributed by atoms with E-state index >= 15 is 0 Å². The molecule has 0 spiro atoms. The molecule has 1 aliphatic heterocycles. The van der Waals surface area contributed by atoms with Gasteiger partial charge in [0.1, 0.15) is 0 Å². The molecule has 4 rings (SSSR count). The van der Waals surface area contributed by atoms with Crippen LogP contribution in [0.1, 0.15) is 30.8 Å². The smallest absolute Gasteiger partial charge is 0.244 e. The van der Waals surface area contributed by atoms with Crippen molar-refractivity contribution in [2.24, 2.45) is 0 Å². The van der Waals surface area contributed by atoms with Crippen LogP contribution < -0.4 is 0 Å². The van der Waals surface area contributed by atoms with Crippen molar-refractivity contribution in [3.63, 3.8) is 0 Å². The Kier molecular flexibility index (Phi) is 4.39. The average Bonchev–Trinajstić information content (AvgIpc) is 3.19. The standard InChI is InChI=1S/C20H20N4O/c1-15(20-22-19(23-25-20)17-9-5-11-21-13-17)24-12-6-10-18(14-24)16-7-3-2-4-8-16/h2-5,7-11,13,15H,6,12,14H2,1H3. The van der Waals surface area contributed by atoms with Crippen molar-refractivity contribution >= 4 is 5.57 Å². The van der Waals surface area contributed by atoms with Gasteiger partial charge in [-0.25, -0.2) is 0 Å². The Morgan fingerprint density at radius 1 is 1.08 bits per heavy atom. The molecule has 1 atom stereocenters. The highest BCUT2D eigenvalue weighted by atomic mass is 16.5. The first-order valence-electron chi connectivity index (χ1n) is 8.54. The lowest BCUT2D eigenvalue weighted by atomic mass is 10.0. The van der Waals surface area contributed by atoms with Crippen LogP contribution in [0.15, 0.2) is 65.5 Å². The first kappa shape index (κ1) is 15.7. The lowest BCUT2D eigenvalue weighted by molar-refractivity contribution is 0.191. The molecule has 1 aliphatic rings. The van der Waals surface area contributed by atoms with Gasteiger partial charge in [0, 0.05) is 31.0 Å². The largest absolute Gasteiger partial charge is 0.337 e. The Hall–Kier alpha value is -2.79. The summed E-state index contributed by atoms with van der Waals surface area (Å²) in [4.78, 5) is 11.1. The number of nitrogens with zero attached hydrogens (tertiary/aromatic N) is 4. The number of benzene rings is 1. The van der Waals surface area contributed by atoms with E-state index in [1.54, 1.807) is 12.4 Å². The third-order valence-electron chi connectivity index (χ3n) is 4.59. The van der Waals surface area contributed by atoms with Gasteiger partial charge in [0.25, 0.3) is 0 Å². The molecule has 0 radical (unpaired) electrons. The summed E-state index contributed by atoms with van der Waals surface area (Å²) in [5.41, 5.74) is 3.50. The molecule has 1 aromatic carbocycles. The third kappa shape index (κ3) is 3.37. The molecule has 126 valence electrons. The molecule has 0 bridgehead atoms.